The van der Waals surface area contributed by atoms with Crippen LogP contribution in [0, 0.1) is 12.8 Å². The molecule has 3 N–H and O–H groups in total. The average molecular weight is 265 g/mol. The summed E-state index contributed by atoms with van der Waals surface area (Å²) in [6.07, 6.45) is 4.09. The quantitative estimate of drug-likeness (QED) is 0.775. The van der Waals surface area contributed by atoms with Gasteiger partial charge in [0.25, 0.3) is 0 Å². The van der Waals surface area contributed by atoms with E-state index in [4.69, 9.17) is 18.0 Å². The molecule has 0 spiro atoms. The van der Waals surface area contributed by atoms with Crippen molar-refractivity contribution in [3.8, 4) is 0 Å². The topological polar surface area (TPSA) is 50.9 Å². The normalized spacial score (nSPS) is 12.5. The summed E-state index contributed by atoms with van der Waals surface area (Å²) in [4.78, 5) is 4.78. The molecule has 1 rings (SSSR count). The molecule has 4 heteroatoms. The number of nitrogens with two attached hydrogens (primary N) is 1. The number of nitrogens with one attached hydrogen (secondary N) is 1. The molecule has 0 aliphatic rings. The minimum Gasteiger partial charge on any atom is -0.389 e. The van der Waals surface area contributed by atoms with E-state index < -0.39 is 0 Å². The first-order chi connectivity index (χ1) is 8.51. The van der Waals surface area contributed by atoms with Crippen LogP contribution in [0.2, 0.25) is 0 Å². The molecule has 3 nitrogen and oxygen atoms in total. The molecule has 0 saturated carbocycles. The Labute approximate surface area is 115 Å². The van der Waals surface area contributed by atoms with Gasteiger partial charge in [-0.1, -0.05) is 38.9 Å². The lowest BCUT2D eigenvalue weighted by molar-refractivity contribution is 0.437. The van der Waals surface area contributed by atoms with Crippen molar-refractivity contribution in [1.29, 1.82) is 0 Å². The van der Waals surface area contributed by atoms with Gasteiger partial charge in [-0.25, -0.2) is 4.98 Å². The van der Waals surface area contributed by atoms with Crippen molar-refractivity contribution in [3.63, 3.8) is 0 Å². The van der Waals surface area contributed by atoms with Crippen LogP contribution in [0.4, 0.5) is 5.82 Å². The van der Waals surface area contributed by atoms with Gasteiger partial charge in [0.2, 0.25) is 0 Å². The zero-order valence-electron chi connectivity index (χ0n) is 11.7. The molecule has 1 unspecified atom stereocenters. The fourth-order valence-electron chi connectivity index (χ4n) is 2.31. The van der Waals surface area contributed by atoms with Crippen LogP contribution in [0.5, 0.6) is 0 Å². The molecule has 0 fully saturated rings. The molecular formula is C14H23N3S. The van der Waals surface area contributed by atoms with E-state index in [2.05, 4.69) is 31.1 Å². The van der Waals surface area contributed by atoms with Crippen molar-refractivity contribution in [2.24, 2.45) is 11.7 Å². The van der Waals surface area contributed by atoms with Crippen molar-refractivity contribution in [1.82, 2.24) is 4.98 Å². The van der Waals surface area contributed by atoms with Gasteiger partial charge >= 0.3 is 0 Å². The van der Waals surface area contributed by atoms with Crippen molar-refractivity contribution >= 4 is 23.0 Å². The Morgan fingerprint density at radius 2 is 2.06 bits per heavy atom. The van der Waals surface area contributed by atoms with Crippen LogP contribution < -0.4 is 11.1 Å². The van der Waals surface area contributed by atoms with Gasteiger partial charge in [0.05, 0.1) is 5.56 Å². The fourth-order valence-corrected chi connectivity index (χ4v) is 2.57. The molecule has 1 atom stereocenters. The van der Waals surface area contributed by atoms with E-state index in [1.165, 1.54) is 0 Å². The zero-order chi connectivity index (χ0) is 13.7. The van der Waals surface area contributed by atoms with Crippen LogP contribution in [0.3, 0.4) is 0 Å². The minimum absolute atomic E-state index is 0.363. The van der Waals surface area contributed by atoms with Crippen molar-refractivity contribution < 1.29 is 0 Å². The molecule has 1 aromatic heterocycles. The Hall–Kier alpha value is -1.16. The van der Waals surface area contributed by atoms with Gasteiger partial charge in [-0.05, 0) is 31.4 Å². The molecule has 0 amide bonds. The Balaban J connectivity index is 2.97. The van der Waals surface area contributed by atoms with Crippen LogP contribution in [0.15, 0.2) is 12.3 Å². The number of thiocarbonyl (C=S) groups is 1. The number of nitrogens with zero attached hydrogens (tertiary/aromatic N) is 1. The summed E-state index contributed by atoms with van der Waals surface area (Å²) >= 11 is 5.11. The smallest absolute Gasteiger partial charge is 0.136 e. The number of anilines is 1. The maximum Gasteiger partial charge on any atom is 0.136 e. The van der Waals surface area contributed by atoms with E-state index in [0.29, 0.717) is 16.9 Å². The van der Waals surface area contributed by atoms with E-state index in [1.807, 2.05) is 13.0 Å². The standard InChI is InChI=1S/C14H23N3S/c1-5-11(6-2)10(4)17-14-12(13(15)18)9(3)7-8-16-14/h7-8,10-11H,5-6H2,1-4H3,(H2,15,18)(H,16,17). The van der Waals surface area contributed by atoms with E-state index in [0.717, 1.165) is 29.8 Å². The van der Waals surface area contributed by atoms with Gasteiger partial charge in [-0.15, -0.1) is 0 Å². The molecule has 0 aliphatic carbocycles. The van der Waals surface area contributed by atoms with Crippen LogP contribution in [0.25, 0.3) is 0 Å². The number of pyridine rings is 1. The fraction of sp³-hybridized carbons (Fsp3) is 0.571. The Bertz CT molecular complexity index is 414. The Morgan fingerprint density at radius 3 is 2.56 bits per heavy atom. The number of aryl methyl sites for hydroxylation is 1. The second-order valence-corrected chi connectivity index (χ2v) is 5.17. The third-order valence-electron chi connectivity index (χ3n) is 3.53. The summed E-state index contributed by atoms with van der Waals surface area (Å²) in [7, 11) is 0. The minimum atomic E-state index is 0.363. The van der Waals surface area contributed by atoms with Gasteiger partial charge < -0.3 is 11.1 Å². The van der Waals surface area contributed by atoms with Crippen LogP contribution in [-0.4, -0.2) is 16.0 Å². The lowest BCUT2D eigenvalue weighted by atomic mass is 9.95. The molecular weight excluding hydrogens is 242 g/mol. The summed E-state index contributed by atoms with van der Waals surface area (Å²) in [6, 6.07) is 2.30. The van der Waals surface area contributed by atoms with Gasteiger partial charge in [0.1, 0.15) is 10.8 Å². The maximum absolute atomic E-state index is 5.78. The molecule has 18 heavy (non-hydrogen) atoms. The van der Waals surface area contributed by atoms with Gasteiger partial charge in [-0.2, -0.15) is 0 Å². The largest absolute Gasteiger partial charge is 0.389 e. The molecule has 0 aromatic carbocycles. The van der Waals surface area contributed by atoms with E-state index >= 15 is 0 Å². The van der Waals surface area contributed by atoms with E-state index in [-0.39, 0.29) is 0 Å². The predicted octanol–water partition coefficient (Wildman–Crippen LogP) is 3.26. The molecule has 0 bridgehead atoms. The molecule has 0 saturated heterocycles. The van der Waals surface area contributed by atoms with Crippen LogP contribution in [-0.2, 0) is 0 Å². The second kappa shape index (κ2) is 6.69. The molecule has 0 aliphatic heterocycles. The zero-order valence-corrected chi connectivity index (χ0v) is 12.5. The lowest BCUT2D eigenvalue weighted by Gasteiger charge is -2.24. The summed E-state index contributed by atoms with van der Waals surface area (Å²) < 4.78 is 0. The van der Waals surface area contributed by atoms with Crippen molar-refractivity contribution in [3.05, 3.63) is 23.4 Å². The average Bonchev–Trinajstić information content (AvgIpc) is 2.30. The first-order valence-electron chi connectivity index (χ1n) is 6.53. The third-order valence-corrected chi connectivity index (χ3v) is 3.73. The number of hydrogen-bond acceptors (Lipinski definition) is 3. The van der Waals surface area contributed by atoms with Gasteiger partial charge in [-0.3, -0.25) is 0 Å². The predicted molar refractivity (Wildman–Crippen MR) is 82.0 cm³/mol. The number of aromatic nitrogens is 1. The van der Waals surface area contributed by atoms with Crippen LogP contribution >= 0.6 is 12.2 Å². The van der Waals surface area contributed by atoms with Crippen molar-refractivity contribution in [2.45, 2.75) is 46.6 Å². The highest BCUT2D eigenvalue weighted by Gasteiger charge is 2.17. The first kappa shape index (κ1) is 14.9. The molecule has 0 radical (unpaired) electrons. The van der Waals surface area contributed by atoms with E-state index in [1.54, 1.807) is 6.20 Å². The van der Waals surface area contributed by atoms with Crippen molar-refractivity contribution in [2.75, 3.05) is 5.32 Å². The number of rotatable bonds is 6. The van der Waals surface area contributed by atoms with Gasteiger partial charge in [0.15, 0.2) is 0 Å². The Morgan fingerprint density at radius 1 is 1.44 bits per heavy atom. The monoisotopic (exact) mass is 265 g/mol. The summed E-state index contributed by atoms with van der Waals surface area (Å²) in [5.41, 5.74) is 7.72. The summed E-state index contributed by atoms with van der Waals surface area (Å²) in [5.74, 6) is 1.44. The SMILES string of the molecule is CCC(CC)C(C)Nc1nccc(C)c1C(N)=S. The summed E-state index contributed by atoms with van der Waals surface area (Å²) in [5, 5.41) is 3.46. The van der Waals surface area contributed by atoms with E-state index in [9.17, 15) is 0 Å². The van der Waals surface area contributed by atoms with Crippen LogP contribution in [0.1, 0.15) is 44.7 Å². The summed E-state index contributed by atoms with van der Waals surface area (Å²) in [6.45, 7) is 8.61. The molecule has 1 heterocycles. The van der Waals surface area contributed by atoms with Gasteiger partial charge in [0, 0.05) is 12.2 Å². The maximum atomic E-state index is 5.78. The highest BCUT2D eigenvalue weighted by atomic mass is 32.1. The highest BCUT2D eigenvalue weighted by molar-refractivity contribution is 7.80. The Kier molecular flexibility index (Phi) is 5.54. The third kappa shape index (κ3) is 3.42. The number of hydrogen-bond donors (Lipinski definition) is 2. The molecule has 100 valence electrons. The lowest BCUT2D eigenvalue weighted by Crippen LogP contribution is -2.27. The highest BCUT2D eigenvalue weighted by Crippen LogP contribution is 2.21. The first-order valence-corrected chi connectivity index (χ1v) is 6.93. The molecule has 1 aromatic rings. The second-order valence-electron chi connectivity index (χ2n) is 4.73.